The van der Waals surface area contributed by atoms with E-state index in [0.717, 1.165) is 5.56 Å². The molecule has 1 aromatic rings. The summed E-state index contributed by atoms with van der Waals surface area (Å²) in [7, 11) is 0. The van der Waals surface area contributed by atoms with Crippen LogP contribution in [-0.2, 0) is 26.2 Å². The first-order chi connectivity index (χ1) is 8.39. The molecule has 0 fully saturated rings. The Kier molecular flexibility index (Phi) is 17.5. The van der Waals surface area contributed by atoms with Crippen molar-refractivity contribution >= 4 is 0 Å². The molecule has 3 rings (SSSR count). The number of hydrogen-bond donors (Lipinski definition) is 0. The largest absolute Gasteiger partial charge is 4.00 e. The minimum Gasteiger partial charge on any atom is -1.00 e. The van der Waals surface area contributed by atoms with Crippen LogP contribution in [0.15, 0.2) is 42.5 Å². The van der Waals surface area contributed by atoms with Crippen LogP contribution in [-0.4, -0.2) is 0 Å². The van der Waals surface area contributed by atoms with E-state index in [9.17, 15) is 0 Å². The summed E-state index contributed by atoms with van der Waals surface area (Å²) >= 11 is 0. The van der Waals surface area contributed by atoms with Crippen molar-refractivity contribution in [3.8, 4) is 0 Å². The first kappa shape index (κ1) is 21.0. The molecule has 0 N–H and O–H groups in total. The fraction of sp³-hybridized carbons (Fsp3) is 0.353. The van der Waals surface area contributed by atoms with E-state index in [-0.39, 0.29) is 38.6 Å². The van der Waals surface area contributed by atoms with E-state index in [4.69, 9.17) is 0 Å². The maximum absolute atomic E-state index is 3.72. The SMILES string of the molecule is [C-]1=CCCC1.[C-]1=CCCC1.[CH2-]c1ccccc1.[Cl-].[Zr+4]. The van der Waals surface area contributed by atoms with Gasteiger partial charge in [0.2, 0.25) is 0 Å². The zero-order valence-electron chi connectivity index (χ0n) is 11.4. The molecule has 0 saturated heterocycles. The normalized spacial score (nSPS) is 14.1. The van der Waals surface area contributed by atoms with Gasteiger partial charge in [-0.25, -0.2) is 0 Å². The molecule has 2 aliphatic rings. The quantitative estimate of drug-likeness (QED) is 0.626. The molecule has 0 bridgehead atoms. The molecule has 100 valence electrons. The molecule has 0 aromatic heterocycles. The first-order valence-corrected chi connectivity index (χ1v) is 6.37. The summed E-state index contributed by atoms with van der Waals surface area (Å²) < 4.78 is 0. The van der Waals surface area contributed by atoms with E-state index in [1.54, 1.807) is 0 Å². The Hall–Kier alpha value is -0.257. The summed E-state index contributed by atoms with van der Waals surface area (Å²) in [6, 6.07) is 9.87. The van der Waals surface area contributed by atoms with Crippen LogP contribution in [0.2, 0.25) is 0 Å². The Morgan fingerprint density at radius 1 is 0.842 bits per heavy atom. The van der Waals surface area contributed by atoms with Crippen LogP contribution >= 0.6 is 0 Å². The third-order valence-corrected chi connectivity index (χ3v) is 2.47. The molecule has 1 aromatic carbocycles. The summed E-state index contributed by atoms with van der Waals surface area (Å²) in [4.78, 5) is 0. The van der Waals surface area contributed by atoms with Crippen LogP contribution < -0.4 is 12.4 Å². The van der Waals surface area contributed by atoms with E-state index in [1.165, 1.54) is 38.5 Å². The summed E-state index contributed by atoms with van der Waals surface area (Å²) in [5.74, 6) is 0. The zero-order chi connectivity index (χ0) is 12.2. The second kappa shape index (κ2) is 15.8. The predicted molar refractivity (Wildman–Crippen MR) is 74.2 cm³/mol. The van der Waals surface area contributed by atoms with Crippen molar-refractivity contribution < 1.29 is 38.6 Å². The van der Waals surface area contributed by atoms with Crippen LogP contribution in [0.3, 0.4) is 0 Å². The molecular formula is C17H21ClZr. The van der Waals surface area contributed by atoms with Crippen molar-refractivity contribution in [3.05, 3.63) is 67.1 Å². The van der Waals surface area contributed by atoms with Gasteiger partial charge in [0, 0.05) is 0 Å². The fourth-order valence-corrected chi connectivity index (χ4v) is 1.50. The van der Waals surface area contributed by atoms with Crippen molar-refractivity contribution in [3.63, 3.8) is 0 Å². The monoisotopic (exact) mass is 350 g/mol. The fourth-order valence-electron chi connectivity index (χ4n) is 1.50. The van der Waals surface area contributed by atoms with Gasteiger partial charge in [-0.15, -0.1) is 12.1 Å². The Morgan fingerprint density at radius 3 is 1.47 bits per heavy atom. The second-order valence-corrected chi connectivity index (χ2v) is 4.09. The topological polar surface area (TPSA) is 0 Å². The average molecular weight is 352 g/mol. The minimum absolute atomic E-state index is 0. The smallest absolute Gasteiger partial charge is 1.00 e. The van der Waals surface area contributed by atoms with Gasteiger partial charge in [0.15, 0.2) is 0 Å². The summed E-state index contributed by atoms with van der Waals surface area (Å²) in [5, 5.41) is 0. The standard InChI is InChI=1S/C7H7.2C5H7.ClH.Zr/c1-7-5-3-2-4-6-7;2*1-2-4-5-3-1;;/h2-6H,1H2;2*1H,2,4-5H2;1H;/q3*-1;;+4/p-1. The molecule has 0 aliphatic heterocycles. The minimum atomic E-state index is 0. The number of allylic oxidation sites excluding steroid dienone is 4. The van der Waals surface area contributed by atoms with Crippen LogP contribution in [0.25, 0.3) is 0 Å². The molecule has 0 atom stereocenters. The predicted octanol–water partition coefficient (Wildman–Crippen LogP) is 1.93. The average Bonchev–Trinajstić information content (AvgIpc) is 3.09. The van der Waals surface area contributed by atoms with Crippen LogP contribution in [0.1, 0.15) is 44.1 Å². The molecule has 0 heterocycles. The maximum Gasteiger partial charge on any atom is 4.00 e. The molecule has 2 aliphatic carbocycles. The third-order valence-electron chi connectivity index (χ3n) is 2.47. The second-order valence-electron chi connectivity index (χ2n) is 4.09. The Morgan fingerprint density at radius 2 is 1.32 bits per heavy atom. The Bertz CT molecular complexity index is 302. The molecule has 0 spiro atoms. The van der Waals surface area contributed by atoms with Crippen molar-refractivity contribution in [2.24, 2.45) is 0 Å². The van der Waals surface area contributed by atoms with E-state index < -0.39 is 0 Å². The molecular weight excluding hydrogens is 331 g/mol. The van der Waals surface area contributed by atoms with Crippen molar-refractivity contribution in [1.82, 2.24) is 0 Å². The van der Waals surface area contributed by atoms with E-state index in [0.29, 0.717) is 0 Å². The molecule has 0 radical (unpaired) electrons. The van der Waals surface area contributed by atoms with Gasteiger partial charge in [-0.3, -0.25) is 12.2 Å². The molecule has 0 saturated carbocycles. The number of rotatable bonds is 0. The zero-order valence-corrected chi connectivity index (χ0v) is 14.6. The van der Waals surface area contributed by atoms with Crippen LogP contribution in [0.4, 0.5) is 0 Å². The summed E-state index contributed by atoms with van der Waals surface area (Å²) in [5.41, 5.74) is 1.07. The molecule has 19 heavy (non-hydrogen) atoms. The van der Waals surface area contributed by atoms with Gasteiger partial charge in [0.05, 0.1) is 0 Å². The Balaban J connectivity index is 0. The number of hydrogen-bond acceptors (Lipinski definition) is 0. The van der Waals surface area contributed by atoms with Gasteiger partial charge in [-0.2, -0.15) is 37.5 Å². The van der Waals surface area contributed by atoms with Gasteiger partial charge >= 0.3 is 26.2 Å². The first-order valence-electron chi connectivity index (χ1n) is 6.37. The molecule has 0 nitrogen and oxygen atoms in total. The van der Waals surface area contributed by atoms with Crippen LogP contribution in [0.5, 0.6) is 0 Å². The van der Waals surface area contributed by atoms with E-state index >= 15 is 0 Å². The van der Waals surface area contributed by atoms with Gasteiger partial charge < -0.3 is 24.6 Å². The van der Waals surface area contributed by atoms with Gasteiger partial charge in [0.1, 0.15) is 0 Å². The third kappa shape index (κ3) is 14.0. The van der Waals surface area contributed by atoms with Gasteiger partial charge in [-0.1, -0.05) is 31.7 Å². The number of benzene rings is 1. The maximum atomic E-state index is 3.72. The van der Waals surface area contributed by atoms with Crippen molar-refractivity contribution in [2.75, 3.05) is 0 Å². The Labute approximate surface area is 143 Å². The van der Waals surface area contributed by atoms with E-state index in [1.807, 2.05) is 30.3 Å². The molecule has 2 heteroatoms. The van der Waals surface area contributed by atoms with Crippen LogP contribution in [0, 0.1) is 19.1 Å². The van der Waals surface area contributed by atoms with Crippen molar-refractivity contribution in [2.45, 2.75) is 38.5 Å². The molecule has 0 amide bonds. The summed E-state index contributed by atoms with van der Waals surface area (Å²) in [6.45, 7) is 3.72. The van der Waals surface area contributed by atoms with E-state index in [2.05, 4.69) is 31.2 Å². The van der Waals surface area contributed by atoms with Crippen molar-refractivity contribution in [1.29, 1.82) is 0 Å². The molecule has 0 unspecified atom stereocenters. The van der Waals surface area contributed by atoms with Gasteiger partial charge in [-0.05, 0) is 0 Å². The number of halogens is 1. The summed E-state index contributed by atoms with van der Waals surface area (Å²) in [6.07, 6.45) is 18.0. The van der Waals surface area contributed by atoms with Gasteiger partial charge in [0.25, 0.3) is 0 Å².